The minimum atomic E-state index is -0.439. The molecule has 3 nitrogen and oxygen atoms in total. The largest absolute Gasteiger partial charge is 0.464 e. The number of allylic oxidation sites excluding steroid dienone is 1. The summed E-state index contributed by atoms with van der Waals surface area (Å²) in [7, 11) is 0. The summed E-state index contributed by atoms with van der Waals surface area (Å²) in [6, 6.07) is 0. The average Bonchev–Trinajstić information content (AvgIpc) is 2.37. The zero-order chi connectivity index (χ0) is 13.1. The normalized spacial score (nSPS) is 27.4. The quantitative estimate of drug-likeness (QED) is 0.489. The van der Waals surface area contributed by atoms with Crippen LogP contribution in [0.4, 0.5) is 0 Å². The van der Waals surface area contributed by atoms with Gasteiger partial charge in [-0.3, -0.25) is 0 Å². The van der Waals surface area contributed by atoms with E-state index < -0.39 is 6.10 Å². The van der Waals surface area contributed by atoms with Crippen LogP contribution in [0.25, 0.3) is 0 Å². The van der Waals surface area contributed by atoms with Crippen LogP contribution in [-0.4, -0.2) is 25.3 Å². The minimum absolute atomic E-state index is 0.230. The fourth-order valence-electron chi connectivity index (χ4n) is 1.98. The molecule has 104 valence electrons. The number of rotatable bonds is 0. The van der Waals surface area contributed by atoms with Crippen molar-refractivity contribution in [3.8, 4) is 0 Å². The summed E-state index contributed by atoms with van der Waals surface area (Å²) >= 11 is 0. The Bertz CT molecular complexity index is 248. The zero-order valence-electron chi connectivity index (χ0n) is 11.5. The highest BCUT2D eigenvalue weighted by Gasteiger charge is 2.13. The molecule has 0 aromatic rings. The first-order valence-electron chi connectivity index (χ1n) is 7.24. The Balaban J connectivity index is 2.29. The molecule has 1 rings (SSSR count). The van der Waals surface area contributed by atoms with E-state index in [1.807, 2.05) is 0 Å². The van der Waals surface area contributed by atoms with Crippen LogP contribution in [0.3, 0.4) is 0 Å². The summed E-state index contributed by atoms with van der Waals surface area (Å²) < 4.78 is 10.6. The van der Waals surface area contributed by atoms with Crippen molar-refractivity contribution in [2.45, 2.75) is 64.4 Å². The lowest BCUT2D eigenvalue weighted by atomic mass is 10.1. The second-order valence-electron chi connectivity index (χ2n) is 4.85. The van der Waals surface area contributed by atoms with E-state index in [1.54, 1.807) is 6.92 Å². The molecule has 1 heterocycles. The number of carbonyl (C=O) groups is 1. The van der Waals surface area contributed by atoms with Gasteiger partial charge >= 0.3 is 5.97 Å². The molecule has 0 fully saturated rings. The lowest BCUT2D eigenvalue weighted by molar-refractivity contribution is -0.156. The summed E-state index contributed by atoms with van der Waals surface area (Å²) in [6.07, 6.45) is 13.2. The molecule has 1 atom stereocenters. The summed E-state index contributed by atoms with van der Waals surface area (Å²) in [5.41, 5.74) is 0. The van der Waals surface area contributed by atoms with Crippen LogP contribution in [0.15, 0.2) is 12.2 Å². The zero-order valence-corrected chi connectivity index (χ0v) is 11.5. The summed E-state index contributed by atoms with van der Waals surface area (Å²) in [5, 5.41) is 0. The van der Waals surface area contributed by atoms with Crippen molar-refractivity contribution in [3.63, 3.8) is 0 Å². The van der Waals surface area contributed by atoms with Crippen LogP contribution in [0.2, 0.25) is 0 Å². The third-order valence-electron chi connectivity index (χ3n) is 3.16. The van der Waals surface area contributed by atoms with Crippen molar-refractivity contribution >= 4 is 5.97 Å². The van der Waals surface area contributed by atoms with Crippen LogP contribution >= 0.6 is 0 Å². The molecule has 0 aromatic carbocycles. The van der Waals surface area contributed by atoms with E-state index in [2.05, 4.69) is 12.2 Å². The molecule has 0 saturated heterocycles. The van der Waals surface area contributed by atoms with Gasteiger partial charge in [-0.05, 0) is 32.6 Å². The van der Waals surface area contributed by atoms with E-state index >= 15 is 0 Å². The highest BCUT2D eigenvalue weighted by molar-refractivity contribution is 5.74. The molecule has 0 aliphatic carbocycles. The van der Waals surface area contributed by atoms with Crippen LogP contribution in [-0.2, 0) is 14.3 Å². The fourth-order valence-corrected chi connectivity index (χ4v) is 1.98. The highest BCUT2D eigenvalue weighted by atomic mass is 16.6. The van der Waals surface area contributed by atoms with Crippen LogP contribution in [0.1, 0.15) is 58.3 Å². The van der Waals surface area contributed by atoms with E-state index in [-0.39, 0.29) is 5.97 Å². The maximum absolute atomic E-state index is 11.5. The van der Waals surface area contributed by atoms with E-state index in [4.69, 9.17) is 9.47 Å². The maximum Gasteiger partial charge on any atom is 0.334 e. The molecule has 18 heavy (non-hydrogen) atoms. The smallest absolute Gasteiger partial charge is 0.334 e. The van der Waals surface area contributed by atoms with Crippen molar-refractivity contribution < 1.29 is 14.3 Å². The Morgan fingerprint density at radius 2 is 1.61 bits per heavy atom. The molecule has 0 saturated carbocycles. The van der Waals surface area contributed by atoms with Gasteiger partial charge in [0.25, 0.3) is 0 Å². The number of hydrogen-bond acceptors (Lipinski definition) is 3. The summed E-state index contributed by atoms with van der Waals surface area (Å²) in [4.78, 5) is 11.5. The topological polar surface area (TPSA) is 35.5 Å². The van der Waals surface area contributed by atoms with Gasteiger partial charge < -0.3 is 9.47 Å². The van der Waals surface area contributed by atoms with E-state index in [1.165, 1.54) is 25.7 Å². The Kier molecular flexibility index (Phi) is 8.57. The lowest BCUT2D eigenvalue weighted by Gasteiger charge is -2.12. The van der Waals surface area contributed by atoms with Crippen LogP contribution < -0.4 is 0 Å². The fraction of sp³-hybridized carbons (Fsp3) is 0.800. The standard InChI is InChI=1S/C15H26O3/c1-14-15(16)18-13-11-9-7-5-3-2-4-6-8-10-12-17-14/h6,8,14H,2-5,7,9-13H2,1H3/b8-6-/t14-/m0/s1. The van der Waals surface area contributed by atoms with Gasteiger partial charge in [0, 0.05) is 0 Å². The summed E-state index contributed by atoms with van der Waals surface area (Å²) in [6.45, 7) is 2.88. The van der Waals surface area contributed by atoms with Crippen molar-refractivity contribution in [1.29, 1.82) is 0 Å². The van der Waals surface area contributed by atoms with Crippen molar-refractivity contribution in [3.05, 3.63) is 12.2 Å². The van der Waals surface area contributed by atoms with Gasteiger partial charge in [-0.25, -0.2) is 4.79 Å². The molecule has 0 aromatic heterocycles. The molecule has 0 radical (unpaired) electrons. The third-order valence-corrected chi connectivity index (χ3v) is 3.16. The molecular weight excluding hydrogens is 228 g/mol. The highest BCUT2D eigenvalue weighted by Crippen LogP contribution is 2.09. The monoisotopic (exact) mass is 254 g/mol. The van der Waals surface area contributed by atoms with Crippen LogP contribution in [0, 0.1) is 0 Å². The molecule has 1 aliphatic rings. The van der Waals surface area contributed by atoms with Crippen LogP contribution in [0.5, 0.6) is 0 Å². The van der Waals surface area contributed by atoms with Gasteiger partial charge in [0.05, 0.1) is 13.2 Å². The van der Waals surface area contributed by atoms with Gasteiger partial charge in [0.15, 0.2) is 6.10 Å². The van der Waals surface area contributed by atoms with Gasteiger partial charge in [0.2, 0.25) is 0 Å². The first kappa shape index (κ1) is 15.2. The molecule has 0 amide bonds. The van der Waals surface area contributed by atoms with E-state index in [0.717, 1.165) is 25.7 Å². The first-order valence-corrected chi connectivity index (χ1v) is 7.24. The van der Waals surface area contributed by atoms with Gasteiger partial charge in [-0.1, -0.05) is 37.8 Å². The molecule has 1 aliphatic heterocycles. The Morgan fingerprint density at radius 1 is 0.944 bits per heavy atom. The Hall–Kier alpha value is -0.830. The van der Waals surface area contributed by atoms with Gasteiger partial charge in [-0.15, -0.1) is 0 Å². The molecule has 0 spiro atoms. The SMILES string of the molecule is C[C@@H]1OCC/C=C\CCCCCCCCOC1=O. The number of carbonyl (C=O) groups excluding carboxylic acids is 1. The average molecular weight is 254 g/mol. The van der Waals surface area contributed by atoms with Crippen molar-refractivity contribution in [2.24, 2.45) is 0 Å². The first-order chi connectivity index (χ1) is 8.80. The molecule has 0 bridgehead atoms. The molecule has 0 N–H and O–H groups in total. The Labute approximate surface area is 111 Å². The van der Waals surface area contributed by atoms with E-state index in [0.29, 0.717) is 13.2 Å². The molecule has 0 unspecified atom stereocenters. The predicted octanol–water partition coefficient (Wildman–Crippen LogP) is 3.63. The summed E-state index contributed by atoms with van der Waals surface area (Å²) in [5.74, 6) is -0.230. The van der Waals surface area contributed by atoms with Crippen molar-refractivity contribution in [1.82, 2.24) is 0 Å². The minimum Gasteiger partial charge on any atom is -0.464 e. The van der Waals surface area contributed by atoms with Gasteiger partial charge in [0.1, 0.15) is 0 Å². The molecule has 3 heteroatoms. The third kappa shape index (κ3) is 7.49. The maximum atomic E-state index is 11.5. The van der Waals surface area contributed by atoms with Gasteiger partial charge in [-0.2, -0.15) is 0 Å². The molecular formula is C15H26O3. The number of cyclic esters (lactones) is 1. The Morgan fingerprint density at radius 3 is 2.44 bits per heavy atom. The van der Waals surface area contributed by atoms with Crippen molar-refractivity contribution in [2.75, 3.05) is 13.2 Å². The second kappa shape index (κ2) is 10.1. The number of hydrogen-bond donors (Lipinski definition) is 0. The number of esters is 1. The predicted molar refractivity (Wildman–Crippen MR) is 72.4 cm³/mol. The van der Waals surface area contributed by atoms with E-state index in [9.17, 15) is 4.79 Å². The lowest BCUT2D eigenvalue weighted by Crippen LogP contribution is -2.24. The number of ether oxygens (including phenoxy) is 2. The second-order valence-corrected chi connectivity index (χ2v) is 4.85.